The molecule has 3 rings (SSSR count). The molecule has 6 nitrogen and oxygen atoms in total. The molecule has 138 valence electrons. The van der Waals surface area contributed by atoms with Crippen molar-refractivity contribution in [3.8, 4) is 0 Å². The van der Waals surface area contributed by atoms with Gasteiger partial charge in [0.15, 0.2) is 0 Å². The van der Waals surface area contributed by atoms with Crippen molar-refractivity contribution in [2.75, 3.05) is 16.8 Å². The molecule has 2 aromatic rings. The molecule has 1 unspecified atom stereocenters. The summed E-state index contributed by atoms with van der Waals surface area (Å²) in [6, 6.07) is 9.16. The van der Waals surface area contributed by atoms with Crippen LogP contribution in [0.2, 0.25) is 5.02 Å². The summed E-state index contributed by atoms with van der Waals surface area (Å²) in [6.45, 7) is 4.55. The Morgan fingerprint density at radius 2 is 2.12 bits per heavy atom. The van der Waals surface area contributed by atoms with E-state index in [1.807, 2.05) is 10.7 Å². The van der Waals surface area contributed by atoms with Crippen molar-refractivity contribution >= 4 is 34.9 Å². The van der Waals surface area contributed by atoms with E-state index >= 15 is 0 Å². The Morgan fingerprint density at radius 3 is 2.81 bits per heavy atom. The van der Waals surface area contributed by atoms with Crippen LogP contribution in [0, 0.1) is 5.92 Å². The van der Waals surface area contributed by atoms with E-state index in [2.05, 4.69) is 24.3 Å². The van der Waals surface area contributed by atoms with E-state index in [1.54, 1.807) is 35.4 Å². The Hall–Kier alpha value is -2.34. The fraction of sp³-hybridized carbons (Fsp3) is 0.421. The number of anilines is 2. The standard InChI is InChI=1S/C19H23ClN4O2/c1-3-15(4-2)24-17(8-9-21-24)22-19(26)13-10-18(25)23(12-13)16-7-5-6-14(20)11-16/h5-9,11,13,15H,3-4,10,12H2,1-2H3,(H,22,26). The number of halogens is 1. The lowest BCUT2D eigenvalue weighted by atomic mass is 10.1. The van der Waals surface area contributed by atoms with Crippen LogP contribution in [0.5, 0.6) is 0 Å². The molecule has 0 spiro atoms. The largest absolute Gasteiger partial charge is 0.312 e. The summed E-state index contributed by atoms with van der Waals surface area (Å²) in [5.74, 6) is 0.0559. The van der Waals surface area contributed by atoms with Crippen LogP contribution in [0.25, 0.3) is 0 Å². The monoisotopic (exact) mass is 374 g/mol. The number of hydrogen-bond donors (Lipinski definition) is 1. The minimum absolute atomic E-state index is 0.0686. The molecule has 1 aliphatic heterocycles. The third-order valence-corrected chi connectivity index (χ3v) is 5.06. The summed E-state index contributed by atoms with van der Waals surface area (Å²) in [5.41, 5.74) is 0.722. The van der Waals surface area contributed by atoms with Gasteiger partial charge >= 0.3 is 0 Å². The van der Waals surface area contributed by atoms with Crippen molar-refractivity contribution in [3.63, 3.8) is 0 Å². The van der Waals surface area contributed by atoms with Gasteiger partial charge in [0.25, 0.3) is 0 Å². The van der Waals surface area contributed by atoms with E-state index in [1.165, 1.54) is 0 Å². The van der Waals surface area contributed by atoms with Crippen LogP contribution in [-0.2, 0) is 9.59 Å². The van der Waals surface area contributed by atoms with Gasteiger partial charge in [-0.3, -0.25) is 9.59 Å². The van der Waals surface area contributed by atoms with Crippen molar-refractivity contribution in [1.29, 1.82) is 0 Å². The Labute approximate surface area is 158 Å². The maximum absolute atomic E-state index is 12.7. The lowest BCUT2D eigenvalue weighted by Gasteiger charge is -2.19. The normalized spacial score (nSPS) is 17.2. The molecule has 2 amide bonds. The zero-order valence-corrected chi connectivity index (χ0v) is 15.7. The van der Waals surface area contributed by atoms with Crippen molar-refractivity contribution in [2.45, 2.75) is 39.2 Å². The quantitative estimate of drug-likeness (QED) is 0.834. The number of carbonyl (C=O) groups is 2. The maximum Gasteiger partial charge on any atom is 0.230 e. The minimum atomic E-state index is -0.397. The van der Waals surface area contributed by atoms with Crippen molar-refractivity contribution in [1.82, 2.24) is 9.78 Å². The maximum atomic E-state index is 12.7. The lowest BCUT2D eigenvalue weighted by Crippen LogP contribution is -2.29. The first kappa shape index (κ1) is 18.5. The van der Waals surface area contributed by atoms with E-state index in [9.17, 15) is 9.59 Å². The number of aromatic nitrogens is 2. The minimum Gasteiger partial charge on any atom is -0.312 e. The molecule has 1 aromatic carbocycles. The molecule has 2 heterocycles. The van der Waals surface area contributed by atoms with Crippen LogP contribution in [-0.4, -0.2) is 28.1 Å². The first-order chi connectivity index (χ1) is 12.5. The van der Waals surface area contributed by atoms with E-state index in [0.29, 0.717) is 17.4 Å². The van der Waals surface area contributed by atoms with E-state index in [4.69, 9.17) is 11.6 Å². The molecule has 0 bridgehead atoms. The number of benzene rings is 1. The highest BCUT2D eigenvalue weighted by atomic mass is 35.5. The van der Waals surface area contributed by atoms with Gasteiger partial charge in [-0.25, -0.2) is 4.68 Å². The summed E-state index contributed by atoms with van der Waals surface area (Å²) in [7, 11) is 0. The van der Waals surface area contributed by atoms with Crippen LogP contribution in [0.15, 0.2) is 36.5 Å². The van der Waals surface area contributed by atoms with Gasteiger partial charge < -0.3 is 10.2 Å². The number of nitrogens with zero attached hydrogens (tertiary/aromatic N) is 3. The molecule has 1 atom stereocenters. The molecule has 0 saturated carbocycles. The van der Waals surface area contributed by atoms with Crippen molar-refractivity contribution in [3.05, 3.63) is 41.6 Å². The molecule has 1 N–H and O–H groups in total. The molecule has 26 heavy (non-hydrogen) atoms. The van der Waals surface area contributed by atoms with E-state index in [0.717, 1.165) is 18.5 Å². The van der Waals surface area contributed by atoms with E-state index in [-0.39, 0.29) is 24.3 Å². The average molecular weight is 375 g/mol. The van der Waals surface area contributed by atoms with Crippen LogP contribution in [0.4, 0.5) is 11.5 Å². The molecular formula is C19H23ClN4O2. The highest BCUT2D eigenvalue weighted by molar-refractivity contribution is 6.31. The molecule has 1 aromatic heterocycles. The smallest absolute Gasteiger partial charge is 0.230 e. The summed E-state index contributed by atoms with van der Waals surface area (Å²) in [6.07, 6.45) is 3.75. The predicted molar refractivity (Wildman–Crippen MR) is 102 cm³/mol. The SMILES string of the molecule is CCC(CC)n1nccc1NC(=O)C1CC(=O)N(c2cccc(Cl)c2)C1. The van der Waals surface area contributed by atoms with Gasteiger partial charge in [-0.15, -0.1) is 0 Å². The highest BCUT2D eigenvalue weighted by Gasteiger charge is 2.35. The van der Waals surface area contributed by atoms with E-state index < -0.39 is 5.92 Å². The first-order valence-electron chi connectivity index (χ1n) is 8.93. The van der Waals surface area contributed by atoms with Gasteiger partial charge in [-0.05, 0) is 31.0 Å². The third-order valence-electron chi connectivity index (χ3n) is 4.83. The molecule has 1 saturated heterocycles. The lowest BCUT2D eigenvalue weighted by molar-refractivity contribution is -0.122. The van der Waals surface area contributed by atoms with Crippen molar-refractivity contribution in [2.24, 2.45) is 5.92 Å². The number of nitrogens with one attached hydrogen (secondary N) is 1. The summed E-state index contributed by atoms with van der Waals surface area (Å²) in [5, 5.41) is 7.84. The summed E-state index contributed by atoms with van der Waals surface area (Å²) >= 11 is 6.01. The second kappa shape index (κ2) is 7.91. The van der Waals surface area contributed by atoms with Gasteiger partial charge in [0.2, 0.25) is 11.8 Å². The summed E-state index contributed by atoms with van der Waals surface area (Å²) in [4.78, 5) is 26.7. The van der Waals surface area contributed by atoms with Crippen LogP contribution in [0.1, 0.15) is 39.2 Å². The van der Waals surface area contributed by atoms with Gasteiger partial charge in [0.05, 0.1) is 18.2 Å². The third kappa shape index (κ3) is 3.75. The number of carbonyl (C=O) groups excluding carboxylic acids is 2. The van der Waals surface area contributed by atoms with Crippen LogP contribution < -0.4 is 10.2 Å². The highest BCUT2D eigenvalue weighted by Crippen LogP contribution is 2.28. The van der Waals surface area contributed by atoms with Crippen LogP contribution in [0.3, 0.4) is 0 Å². The molecule has 1 fully saturated rings. The van der Waals surface area contributed by atoms with Crippen LogP contribution >= 0.6 is 11.6 Å². The second-order valence-electron chi connectivity index (χ2n) is 6.51. The first-order valence-corrected chi connectivity index (χ1v) is 9.31. The van der Waals surface area contributed by atoms with Gasteiger partial charge in [-0.1, -0.05) is 31.5 Å². The zero-order chi connectivity index (χ0) is 18.7. The number of rotatable bonds is 6. The fourth-order valence-corrected chi connectivity index (χ4v) is 3.53. The number of hydrogen-bond acceptors (Lipinski definition) is 3. The van der Waals surface area contributed by atoms with Gasteiger partial charge in [-0.2, -0.15) is 5.10 Å². The molecule has 7 heteroatoms. The molecular weight excluding hydrogens is 352 g/mol. The summed E-state index contributed by atoms with van der Waals surface area (Å²) < 4.78 is 1.85. The number of amides is 2. The Bertz CT molecular complexity index is 800. The second-order valence-corrected chi connectivity index (χ2v) is 6.94. The Kier molecular flexibility index (Phi) is 5.61. The average Bonchev–Trinajstić information content (AvgIpc) is 3.23. The zero-order valence-electron chi connectivity index (χ0n) is 15.0. The Morgan fingerprint density at radius 1 is 1.35 bits per heavy atom. The topological polar surface area (TPSA) is 67.2 Å². The van der Waals surface area contributed by atoms with Crippen molar-refractivity contribution < 1.29 is 9.59 Å². The van der Waals surface area contributed by atoms with Gasteiger partial charge in [0, 0.05) is 29.7 Å². The Balaban J connectivity index is 1.70. The molecule has 0 radical (unpaired) electrons. The van der Waals surface area contributed by atoms with Gasteiger partial charge in [0.1, 0.15) is 5.82 Å². The molecule has 0 aliphatic carbocycles. The predicted octanol–water partition coefficient (Wildman–Crippen LogP) is 3.89. The molecule has 1 aliphatic rings. The fourth-order valence-electron chi connectivity index (χ4n) is 3.34.